The van der Waals surface area contributed by atoms with Crippen molar-refractivity contribution < 1.29 is 33.7 Å². The summed E-state index contributed by atoms with van der Waals surface area (Å²) in [6.45, 7) is 0.000745. The minimum Gasteiger partial charge on any atom is -0.507 e. The van der Waals surface area contributed by atoms with E-state index in [0.29, 0.717) is 12.8 Å². The molecule has 0 aliphatic heterocycles. The van der Waals surface area contributed by atoms with Gasteiger partial charge in [-0.3, -0.25) is 9.59 Å². The molecule has 2 bridgehead atoms. The molecule has 6 rings (SSSR count). The van der Waals surface area contributed by atoms with Crippen LogP contribution in [0, 0.1) is 17.8 Å². The lowest BCUT2D eigenvalue weighted by Crippen LogP contribution is -2.58. The van der Waals surface area contributed by atoms with Crippen LogP contribution in [0.5, 0.6) is 11.5 Å². The van der Waals surface area contributed by atoms with Gasteiger partial charge in [0, 0.05) is 13.0 Å². The Morgan fingerprint density at radius 3 is 2.56 bits per heavy atom. The zero-order valence-electron chi connectivity index (χ0n) is 17.4. The Hall–Kier alpha value is -3.45. The molecule has 164 valence electrons. The van der Waals surface area contributed by atoms with Crippen molar-refractivity contribution in [1.29, 1.82) is 0 Å². The fourth-order valence-electron chi connectivity index (χ4n) is 5.31. The third-order valence-electron chi connectivity index (χ3n) is 6.84. The molecule has 2 aromatic rings. The minimum absolute atomic E-state index is 0.000745. The maximum Gasteiger partial charge on any atom is 0.514 e. The highest BCUT2D eigenvalue weighted by Crippen LogP contribution is 2.55. The Bertz CT molecular complexity index is 1140. The molecule has 1 N–H and O–H groups in total. The number of allylic oxidation sites excluding steroid dienone is 1. The second-order valence-electron chi connectivity index (χ2n) is 8.41. The number of benzene rings is 2. The molecule has 7 heteroatoms. The van der Waals surface area contributed by atoms with E-state index in [4.69, 9.17) is 14.2 Å². The van der Waals surface area contributed by atoms with Gasteiger partial charge in [-0.05, 0) is 36.5 Å². The SMILES string of the molecule is CO[C@@]12C=C[C@@H](CC1)[C@@H]1C(=O)c3c(OC(=O)OCc4ccccc4)ccc(O)c3C(=O)[C@@H]12. The molecule has 0 amide bonds. The van der Waals surface area contributed by atoms with Crippen LogP contribution < -0.4 is 4.74 Å². The first-order chi connectivity index (χ1) is 15.4. The van der Waals surface area contributed by atoms with Crippen molar-refractivity contribution in [3.05, 3.63) is 71.3 Å². The molecule has 0 heterocycles. The van der Waals surface area contributed by atoms with Crippen LogP contribution in [-0.2, 0) is 16.1 Å². The van der Waals surface area contributed by atoms with E-state index in [-0.39, 0.29) is 46.7 Å². The van der Waals surface area contributed by atoms with Crippen LogP contribution in [0.15, 0.2) is 54.6 Å². The zero-order valence-corrected chi connectivity index (χ0v) is 17.4. The topological polar surface area (TPSA) is 99.1 Å². The molecule has 0 saturated heterocycles. The maximum atomic E-state index is 13.6. The number of phenolic OH excluding ortho intramolecular Hbond substituents is 1. The van der Waals surface area contributed by atoms with Gasteiger partial charge < -0.3 is 19.3 Å². The van der Waals surface area contributed by atoms with Crippen molar-refractivity contribution in [3.63, 3.8) is 0 Å². The molecule has 0 unspecified atom stereocenters. The molecule has 1 saturated carbocycles. The van der Waals surface area contributed by atoms with Crippen LogP contribution >= 0.6 is 0 Å². The minimum atomic E-state index is -0.998. The first-order valence-electron chi connectivity index (χ1n) is 10.5. The molecule has 4 atom stereocenters. The standard InChI is InChI=1S/C25H22O7/c1-30-25-11-9-15(10-12-25)18-21(25)23(28)19-16(26)7-8-17(20(19)22(18)27)32-24(29)31-13-14-5-3-2-4-6-14/h2-9,11,15,18,21,26H,10,12-13H2,1H3/t15-,18-,21+,25-/m0/s1. The van der Waals surface area contributed by atoms with E-state index < -0.39 is 23.6 Å². The number of ketones is 2. The van der Waals surface area contributed by atoms with Crippen molar-refractivity contribution in [2.45, 2.75) is 25.0 Å². The third-order valence-corrected chi connectivity index (χ3v) is 6.84. The molecular weight excluding hydrogens is 412 g/mol. The number of fused-ring (bicyclic) bond motifs is 2. The lowest BCUT2D eigenvalue weighted by atomic mass is 9.53. The third kappa shape index (κ3) is 3.04. The van der Waals surface area contributed by atoms with E-state index in [9.17, 15) is 19.5 Å². The Balaban J connectivity index is 1.48. The van der Waals surface area contributed by atoms with Crippen LogP contribution in [0.4, 0.5) is 4.79 Å². The van der Waals surface area contributed by atoms with Gasteiger partial charge >= 0.3 is 6.16 Å². The highest BCUT2D eigenvalue weighted by Gasteiger charge is 2.60. The van der Waals surface area contributed by atoms with E-state index in [1.807, 2.05) is 30.4 Å². The van der Waals surface area contributed by atoms with Crippen molar-refractivity contribution in [2.75, 3.05) is 7.11 Å². The molecule has 4 aliphatic rings. The number of ether oxygens (including phenoxy) is 3. The number of methoxy groups -OCH3 is 1. The molecule has 0 aromatic heterocycles. The first kappa shape index (κ1) is 20.5. The van der Waals surface area contributed by atoms with E-state index >= 15 is 0 Å². The van der Waals surface area contributed by atoms with Gasteiger partial charge in [-0.15, -0.1) is 0 Å². The fraction of sp³-hybridized carbons (Fsp3) is 0.320. The van der Waals surface area contributed by atoms with Gasteiger partial charge in [0.2, 0.25) is 0 Å². The molecule has 32 heavy (non-hydrogen) atoms. The van der Waals surface area contributed by atoms with Crippen molar-refractivity contribution in [1.82, 2.24) is 0 Å². The number of aromatic hydroxyl groups is 1. The molecule has 7 nitrogen and oxygen atoms in total. The Labute approximate surface area is 184 Å². The summed E-state index contributed by atoms with van der Waals surface area (Å²) in [5, 5.41) is 10.5. The van der Waals surface area contributed by atoms with Crippen molar-refractivity contribution in [2.24, 2.45) is 17.8 Å². The number of hydrogen-bond acceptors (Lipinski definition) is 7. The molecule has 4 aliphatic carbocycles. The molecule has 1 fully saturated rings. The smallest absolute Gasteiger partial charge is 0.507 e. The largest absolute Gasteiger partial charge is 0.514 e. The normalized spacial score (nSPS) is 27.6. The van der Waals surface area contributed by atoms with E-state index in [2.05, 4.69) is 0 Å². The van der Waals surface area contributed by atoms with Crippen molar-refractivity contribution in [3.8, 4) is 11.5 Å². The number of phenols is 1. The van der Waals surface area contributed by atoms with Crippen LogP contribution in [0.25, 0.3) is 0 Å². The van der Waals surface area contributed by atoms with Gasteiger partial charge in [0.1, 0.15) is 18.1 Å². The fourth-order valence-corrected chi connectivity index (χ4v) is 5.31. The molecular formula is C25H22O7. The van der Waals surface area contributed by atoms with Crippen LogP contribution in [0.1, 0.15) is 39.1 Å². The summed E-state index contributed by atoms with van der Waals surface area (Å²) in [4.78, 5) is 39.4. The summed E-state index contributed by atoms with van der Waals surface area (Å²) in [5.41, 5.74) is -0.287. The van der Waals surface area contributed by atoms with Gasteiger partial charge in [0.25, 0.3) is 0 Å². The average Bonchev–Trinajstić information content (AvgIpc) is 2.83. The summed E-state index contributed by atoms with van der Waals surface area (Å²) in [6.07, 6.45) is 4.15. The van der Waals surface area contributed by atoms with Crippen LogP contribution in [0.3, 0.4) is 0 Å². The second kappa shape index (κ2) is 7.60. The second-order valence-corrected chi connectivity index (χ2v) is 8.41. The molecule has 2 aromatic carbocycles. The number of carbonyl (C=O) groups is 3. The van der Waals surface area contributed by atoms with Crippen LogP contribution in [0.2, 0.25) is 0 Å². The van der Waals surface area contributed by atoms with Gasteiger partial charge in [0.05, 0.1) is 22.6 Å². The van der Waals surface area contributed by atoms with Gasteiger partial charge in [0.15, 0.2) is 11.6 Å². The summed E-state index contributed by atoms with van der Waals surface area (Å²) in [5.74, 6) is -2.58. The van der Waals surface area contributed by atoms with Gasteiger partial charge in [-0.2, -0.15) is 0 Å². The number of Topliss-reactive ketones (excluding diaryl/α,β-unsaturated/α-hetero) is 2. The molecule has 0 radical (unpaired) electrons. The van der Waals surface area contributed by atoms with E-state index in [1.165, 1.54) is 19.2 Å². The Morgan fingerprint density at radius 2 is 1.88 bits per heavy atom. The lowest BCUT2D eigenvalue weighted by Gasteiger charge is -2.52. The Morgan fingerprint density at radius 1 is 1.09 bits per heavy atom. The van der Waals surface area contributed by atoms with Gasteiger partial charge in [-0.1, -0.05) is 42.5 Å². The van der Waals surface area contributed by atoms with Crippen LogP contribution in [-0.4, -0.2) is 35.5 Å². The van der Waals surface area contributed by atoms with Gasteiger partial charge in [-0.25, -0.2) is 4.79 Å². The molecule has 0 spiro atoms. The highest BCUT2D eigenvalue weighted by molar-refractivity contribution is 6.19. The predicted molar refractivity (Wildman–Crippen MR) is 113 cm³/mol. The summed E-state index contributed by atoms with van der Waals surface area (Å²) in [6, 6.07) is 11.7. The zero-order chi connectivity index (χ0) is 22.5. The quantitative estimate of drug-likeness (QED) is 0.440. The first-order valence-corrected chi connectivity index (χ1v) is 10.5. The maximum absolute atomic E-state index is 13.6. The number of hydrogen-bond donors (Lipinski definition) is 1. The number of rotatable bonds is 4. The van der Waals surface area contributed by atoms with E-state index in [1.54, 1.807) is 12.1 Å². The predicted octanol–water partition coefficient (Wildman–Crippen LogP) is 4.08. The van der Waals surface area contributed by atoms with E-state index in [0.717, 1.165) is 5.56 Å². The lowest BCUT2D eigenvalue weighted by molar-refractivity contribution is -0.0693. The monoisotopic (exact) mass is 434 g/mol. The highest BCUT2D eigenvalue weighted by atomic mass is 16.7. The summed E-state index contributed by atoms with van der Waals surface area (Å²) >= 11 is 0. The summed E-state index contributed by atoms with van der Waals surface area (Å²) < 4.78 is 16.2. The summed E-state index contributed by atoms with van der Waals surface area (Å²) in [7, 11) is 1.53. The Kier molecular flexibility index (Phi) is 4.86. The average molecular weight is 434 g/mol. The van der Waals surface area contributed by atoms with Crippen molar-refractivity contribution >= 4 is 17.7 Å². The number of carbonyl (C=O) groups excluding carboxylic acids is 3.